The second kappa shape index (κ2) is 8.18. The van der Waals surface area contributed by atoms with Crippen LogP contribution in [0, 0.1) is 0 Å². The summed E-state index contributed by atoms with van der Waals surface area (Å²) >= 11 is 0. The molecular formula is C18H30N6O2. The molecule has 0 aliphatic carbocycles. The van der Waals surface area contributed by atoms with E-state index in [1.165, 1.54) is 0 Å². The number of piperidine rings is 1. The SMILES string of the molecule is CN(C)C(=O)CCN1CCN(C(=O)C2(n3cccn3)CCNCC2)CC1. The largest absolute Gasteiger partial charge is 0.349 e. The van der Waals surface area contributed by atoms with Crippen molar-refractivity contribution in [1.29, 1.82) is 0 Å². The summed E-state index contributed by atoms with van der Waals surface area (Å²) in [6.45, 7) is 5.49. The number of carbonyl (C=O) groups excluding carboxylic acids is 2. The molecule has 0 bridgehead atoms. The van der Waals surface area contributed by atoms with E-state index < -0.39 is 5.54 Å². The Balaban J connectivity index is 1.59. The maximum Gasteiger partial charge on any atom is 0.250 e. The zero-order chi connectivity index (χ0) is 18.6. The number of amides is 2. The molecule has 3 rings (SSSR count). The average Bonchev–Trinajstić information content (AvgIpc) is 3.21. The van der Waals surface area contributed by atoms with Crippen LogP contribution in [0.2, 0.25) is 0 Å². The van der Waals surface area contributed by atoms with Crippen molar-refractivity contribution in [2.75, 3.05) is 59.9 Å². The standard InChI is InChI=1S/C18H30N6O2/c1-21(2)16(25)4-11-22-12-14-23(15-13-22)17(26)18(5-8-19-9-6-18)24-10-3-7-20-24/h3,7,10,19H,4-6,8-9,11-15H2,1-2H3. The number of rotatable bonds is 5. The minimum Gasteiger partial charge on any atom is -0.349 e. The van der Waals surface area contributed by atoms with Gasteiger partial charge in [0.2, 0.25) is 5.91 Å². The van der Waals surface area contributed by atoms with E-state index in [1.54, 1.807) is 25.2 Å². The molecule has 144 valence electrons. The normalized spacial score (nSPS) is 20.8. The molecule has 0 atom stereocenters. The van der Waals surface area contributed by atoms with Gasteiger partial charge in [0, 0.05) is 65.6 Å². The van der Waals surface area contributed by atoms with Crippen LogP contribution in [0.3, 0.4) is 0 Å². The summed E-state index contributed by atoms with van der Waals surface area (Å²) in [6.07, 6.45) is 5.73. The van der Waals surface area contributed by atoms with Crippen LogP contribution in [0.25, 0.3) is 0 Å². The fourth-order valence-corrected chi connectivity index (χ4v) is 3.85. The van der Waals surface area contributed by atoms with Gasteiger partial charge in [0.1, 0.15) is 5.54 Å². The van der Waals surface area contributed by atoms with Gasteiger partial charge in [-0.25, -0.2) is 0 Å². The molecule has 8 heteroatoms. The van der Waals surface area contributed by atoms with Crippen molar-refractivity contribution in [3.05, 3.63) is 18.5 Å². The smallest absolute Gasteiger partial charge is 0.250 e. The summed E-state index contributed by atoms with van der Waals surface area (Å²) in [7, 11) is 3.57. The monoisotopic (exact) mass is 362 g/mol. The zero-order valence-electron chi connectivity index (χ0n) is 15.9. The van der Waals surface area contributed by atoms with E-state index in [9.17, 15) is 9.59 Å². The molecule has 0 saturated carbocycles. The highest BCUT2D eigenvalue weighted by Crippen LogP contribution is 2.29. The van der Waals surface area contributed by atoms with Crippen molar-refractivity contribution >= 4 is 11.8 Å². The molecule has 2 saturated heterocycles. The Morgan fingerprint density at radius 3 is 2.42 bits per heavy atom. The molecule has 0 unspecified atom stereocenters. The fourth-order valence-electron chi connectivity index (χ4n) is 3.85. The highest BCUT2D eigenvalue weighted by molar-refractivity contribution is 5.84. The number of hydrogen-bond acceptors (Lipinski definition) is 5. The van der Waals surface area contributed by atoms with E-state index in [0.717, 1.165) is 45.6 Å². The Morgan fingerprint density at radius 2 is 1.85 bits per heavy atom. The van der Waals surface area contributed by atoms with E-state index >= 15 is 0 Å². The van der Waals surface area contributed by atoms with Gasteiger partial charge in [0.15, 0.2) is 0 Å². The molecule has 1 aromatic rings. The first kappa shape index (κ1) is 18.8. The fraction of sp³-hybridized carbons (Fsp3) is 0.722. The molecule has 0 aromatic carbocycles. The lowest BCUT2D eigenvalue weighted by molar-refractivity contribution is -0.145. The lowest BCUT2D eigenvalue weighted by atomic mass is 9.86. The minimum atomic E-state index is -0.558. The van der Waals surface area contributed by atoms with Crippen LogP contribution in [0.5, 0.6) is 0 Å². The predicted molar refractivity (Wildman–Crippen MR) is 98.6 cm³/mol. The molecule has 2 aliphatic rings. The number of nitrogens with one attached hydrogen (secondary N) is 1. The third kappa shape index (κ3) is 3.91. The Morgan fingerprint density at radius 1 is 1.15 bits per heavy atom. The van der Waals surface area contributed by atoms with E-state index in [4.69, 9.17) is 0 Å². The molecule has 1 N–H and O–H groups in total. The van der Waals surface area contributed by atoms with Crippen LogP contribution in [-0.2, 0) is 15.1 Å². The van der Waals surface area contributed by atoms with Crippen molar-refractivity contribution in [3.63, 3.8) is 0 Å². The lowest BCUT2D eigenvalue weighted by Crippen LogP contribution is -2.59. The number of hydrogen-bond donors (Lipinski definition) is 1. The quantitative estimate of drug-likeness (QED) is 0.771. The highest BCUT2D eigenvalue weighted by Gasteiger charge is 2.44. The summed E-state index contributed by atoms with van der Waals surface area (Å²) in [5.41, 5.74) is -0.558. The van der Waals surface area contributed by atoms with Gasteiger partial charge in [-0.3, -0.25) is 19.2 Å². The summed E-state index contributed by atoms with van der Waals surface area (Å²) < 4.78 is 1.86. The zero-order valence-corrected chi connectivity index (χ0v) is 15.9. The molecule has 1 aromatic heterocycles. The van der Waals surface area contributed by atoms with E-state index in [0.29, 0.717) is 19.5 Å². The van der Waals surface area contributed by atoms with Gasteiger partial charge in [-0.05, 0) is 32.0 Å². The van der Waals surface area contributed by atoms with Crippen LogP contribution < -0.4 is 5.32 Å². The Hall–Kier alpha value is -1.93. The average molecular weight is 362 g/mol. The maximum atomic E-state index is 13.4. The topological polar surface area (TPSA) is 73.7 Å². The first-order valence-corrected chi connectivity index (χ1v) is 9.46. The maximum absolute atomic E-state index is 13.4. The van der Waals surface area contributed by atoms with Gasteiger partial charge in [0.05, 0.1) is 0 Å². The minimum absolute atomic E-state index is 0.149. The van der Waals surface area contributed by atoms with Crippen LogP contribution in [0.4, 0.5) is 0 Å². The predicted octanol–water partition coefficient (Wildman–Crippen LogP) is -0.416. The molecule has 0 radical (unpaired) electrons. The number of nitrogens with zero attached hydrogens (tertiary/aromatic N) is 5. The highest BCUT2D eigenvalue weighted by atomic mass is 16.2. The van der Waals surface area contributed by atoms with Crippen molar-refractivity contribution in [3.8, 4) is 0 Å². The van der Waals surface area contributed by atoms with Crippen LogP contribution in [-0.4, -0.2) is 96.2 Å². The summed E-state index contributed by atoms with van der Waals surface area (Å²) in [6, 6.07) is 1.89. The third-order valence-corrected chi connectivity index (χ3v) is 5.57. The number of carbonyl (C=O) groups is 2. The molecule has 2 aliphatic heterocycles. The van der Waals surface area contributed by atoms with E-state index in [1.807, 2.05) is 21.8 Å². The molecular weight excluding hydrogens is 332 g/mol. The summed E-state index contributed by atoms with van der Waals surface area (Å²) in [5, 5.41) is 7.74. The molecule has 2 fully saturated rings. The van der Waals surface area contributed by atoms with Crippen LogP contribution in [0.1, 0.15) is 19.3 Å². The van der Waals surface area contributed by atoms with Gasteiger partial charge < -0.3 is 15.1 Å². The second-order valence-corrected chi connectivity index (χ2v) is 7.40. The summed E-state index contributed by atoms with van der Waals surface area (Å²) in [4.78, 5) is 31.0. The van der Waals surface area contributed by atoms with Crippen molar-refractivity contribution in [1.82, 2.24) is 29.8 Å². The number of aromatic nitrogens is 2. The first-order valence-electron chi connectivity index (χ1n) is 9.46. The molecule has 3 heterocycles. The molecule has 26 heavy (non-hydrogen) atoms. The molecule has 2 amide bonds. The van der Waals surface area contributed by atoms with Gasteiger partial charge in [-0.1, -0.05) is 0 Å². The first-order chi connectivity index (χ1) is 12.5. The van der Waals surface area contributed by atoms with Crippen molar-refractivity contribution in [2.45, 2.75) is 24.8 Å². The summed E-state index contributed by atoms with van der Waals surface area (Å²) in [5.74, 6) is 0.336. The van der Waals surface area contributed by atoms with Crippen molar-refractivity contribution in [2.24, 2.45) is 0 Å². The number of piperazine rings is 1. The van der Waals surface area contributed by atoms with E-state index in [-0.39, 0.29) is 11.8 Å². The third-order valence-electron chi connectivity index (χ3n) is 5.57. The Labute approximate surface area is 155 Å². The Kier molecular flexibility index (Phi) is 5.93. The van der Waals surface area contributed by atoms with Gasteiger partial charge in [0.25, 0.3) is 5.91 Å². The Bertz CT molecular complexity index is 601. The molecule has 0 spiro atoms. The second-order valence-electron chi connectivity index (χ2n) is 7.40. The van der Waals surface area contributed by atoms with E-state index in [2.05, 4.69) is 15.3 Å². The van der Waals surface area contributed by atoms with Gasteiger partial charge in [-0.2, -0.15) is 5.10 Å². The van der Waals surface area contributed by atoms with Gasteiger partial charge >= 0.3 is 0 Å². The molecule has 8 nitrogen and oxygen atoms in total. The lowest BCUT2D eigenvalue weighted by Gasteiger charge is -2.43. The van der Waals surface area contributed by atoms with Gasteiger partial charge in [-0.15, -0.1) is 0 Å². The van der Waals surface area contributed by atoms with Crippen molar-refractivity contribution < 1.29 is 9.59 Å². The van der Waals surface area contributed by atoms with Crippen LogP contribution in [0.15, 0.2) is 18.5 Å². The van der Waals surface area contributed by atoms with Crippen LogP contribution >= 0.6 is 0 Å².